The van der Waals surface area contributed by atoms with Gasteiger partial charge >= 0.3 is 0 Å². The molecule has 1 aliphatic rings. The van der Waals surface area contributed by atoms with Gasteiger partial charge in [-0.3, -0.25) is 0 Å². The Morgan fingerprint density at radius 3 is 3.27 bits per heavy atom. The van der Waals surface area contributed by atoms with E-state index in [0.717, 1.165) is 30.6 Å². The third-order valence-electron chi connectivity index (χ3n) is 2.70. The number of oxazole rings is 1. The van der Waals surface area contributed by atoms with E-state index in [-0.39, 0.29) is 0 Å². The second-order valence-corrected chi connectivity index (χ2v) is 4.60. The maximum atomic E-state index is 5.39. The van der Waals surface area contributed by atoms with Crippen LogP contribution in [0.4, 0.5) is 0 Å². The van der Waals surface area contributed by atoms with E-state index in [2.05, 4.69) is 10.3 Å². The summed E-state index contributed by atoms with van der Waals surface area (Å²) in [6.45, 7) is 1.77. The lowest BCUT2D eigenvalue weighted by Crippen LogP contribution is -2.36. The Morgan fingerprint density at radius 1 is 1.73 bits per heavy atom. The summed E-state index contributed by atoms with van der Waals surface area (Å²) in [6, 6.07) is 0.476. The van der Waals surface area contributed by atoms with Crippen molar-refractivity contribution in [2.24, 2.45) is 5.92 Å². The normalized spacial score (nSPS) is 23.1. The molecule has 1 aromatic heterocycles. The van der Waals surface area contributed by atoms with Gasteiger partial charge in [0.25, 0.3) is 5.22 Å². The topological polar surface area (TPSA) is 47.3 Å². The molecule has 84 valence electrons. The van der Waals surface area contributed by atoms with Crippen LogP contribution in [0, 0.1) is 5.92 Å². The second-order valence-electron chi connectivity index (χ2n) is 3.63. The zero-order valence-electron chi connectivity index (χ0n) is 8.81. The number of nitrogens with one attached hydrogen (secondary N) is 1. The van der Waals surface area contributed by atoms with E-state index < -0.39 is 0 Å². The molecule has 1 aromatic rings. The van der Waals surface area contributed by atoms with Gasteiger partial charge in [0.2, 0.25) is 0 Å². The lowest BCUT2D eigenvalue weighted by Gasteiger charge is -2.20. The van der Waals surface area contributed by atoms with Gasteiger partial charge < -0.3 is 14.5 Å². The van der Waals surface area contributed by atoms with E-state index in [0.29, 0.717) is 12.0 Å². The third kappa shape index (κ3) is 2.96. The number of rotatable bonds is 5. The second kappa shape index (κ2) is 5.53. The minimum atomic E-state index is 0.476. The van der Waals surface area contributed by atoms with Crippen LogP contribution >= 0.6 is 11.8 Å². The summed E-state index contributed by atoms with van der Waals surface area (Å²) >= 11 is 1.65. The minimum Gasteiger partial charge on any atom is -0.440 e. The maximum Gasteiger partial charge on any atom is 0.255 e. The fraction of sp³-hybridized carbons (Fsp3) is 0.700. The van der Waals surface area contributed by atoms with Crippen LogP contribution in [0.1, 0.15) is 6.42 Å². The third-order valence-corrected chi connectivity index (χ3v) is 3.68. The van der Waals surface area contributed by atoms with Crippen molar-refractivity contribution in [2.75, 3.05) is 26.0 Å². The molecule has 0 spiro atoms. The first-order chi connectivity index (χ1) is 7.40. The van der Waals surface area contributed by atoms with Gasteiger partial charge in [0.1, 0.15) is 6.26 Å². The summed E-state index contributed by atoms with van der Waals surface area (Å²) in [4.78, 5) is 4.09. The molecule has 15 heavy (non-hydrogen) atoms. The van der Waals surface area contributed by atoms with Crippen LogP contribution in [0.2, 0.25) is 0 Å². The minimum absolute atomic E-state index is 0.476. The number of ether oxygens (including phenoxy) is 1. The van der Waals surface area contributed by atoms with Crippen molar-refractivity contribution in [1.82, 2.24) is 10.3 Å². The van der Waals surface area contributed by atoms with Crippen molar-refractivity contribution in [3.63, 3.8) is 0 Å². The monoisotopic (exact) mass is 228 g/mol. The largest absolute Gasteiger partial charge is 0.440 e. The van der Waals surface area contributed by atoms with Crippen LogP contribution in [0.25, 0.3) is 0 Å². The molecule has 5 heteroatoms. The predicted molar refractivity (Wildman–Crippen MR) is 59.0 cm³/mol. The molecule has 0 bridgehead atoms. The van der Waals surface area contributed by atoms with Gasteiger partial charge in [0, 0.05) is 24.3 Å². The first-order valence-corrected chi connectivity index (χ1v) is 6.16. The van der Waals surface area contributed by atoms with Crippen molar-refractivity contribution in [3.05, 3.63) is 12.5 Å². The van der Waals surface area contributed by atoms with Gasteiger partial charge in [-0.15, -0.1) is 0 Å². The summed E-state index contributed by atoms with van der Waals surface area (Å²) < 4.78 is 10.6. The average Bonchev–Trinajstić information content (AvgIpc) is 2.90. The number of aromatic nitrogens is 1. The van der Waals surface area contributed by atoms with Gasteiger partial charge in [0.15, 0.2) is 0 Å². The summed E-state index contributed by atoms with van der Waals surface area (Å²) in [6.07, 6.45) is 4.43. The van der Waals surface area contributed by atoms with Crippen molar-refractivity contribution in [2.45, 2.75) is 17.7 Å². The van der Waals surface area contributed by atoms with Crippen LogP contribution in [-0.4, -0.2) is 37.0 Å². The Labute approximate surface area is 93.8 Å². The quantitative estimate of drug-likeness (QED) is 0.772. The molecular weight excluding hydrogens is 212 g/mol. The molecule has 1 saturated heterocycles. The van der Waals surface area contributed by atoms with Crippen LogP contribution in [0.15, 0.2) is 22.1 Å². The molecule has 2 heterocycles. The Kier molecular flexibility index (Phi) is 4.05. The van der Waals surface area contributed by atoms with E-state index in [1.807, 2.05) is 7.05 Å². The summed E-state index contributed by atoms with van der Waals surface area (Å²) in [7, 11) is 2.00. The van der Waals surface area contributed by atoms with Crippen LogP contribution in [0.5, 0.6) is 0 Å². The van der Waals surface area contributed by atoms with Gasteiger partial charge in [-0.1, -0.05) is 11.8 Å². The Morgan fingerprint density at radius 2 is 2.67 bits per heavy atom. The van der Waals surface area contributed by atoms with Gasteiger partial charge in [0.05, 0.1) is 12.8 Å². The van der Waals surface area contributed by atoms with Gasteiger partial charge in [-0.25, -0.2) is 4.98 Å². The first-order valence-electron chi connectivity index (χ1n) is 5.17. The molecule has 2 atom stereocenters. The maximum absolute atomic E-state index is 5.39. The highest BCUT2D eigenvalue weighted by Gasteiger charge is 2.24. The zero-order chi connectivity index (χ0) is 10.5. The molecule has 1 fully saturated rings. The highest BCUT2D eigenvalue weighted by Crippen LogP contribution is 2.23. The number of hydrogen-bond acceptors (Lipinski definition) is 5. The summed E-state index contributed by atoms with van der Waals surface area (Å²) in [5.41, 5.74) is 0. The zero-order valence-corrected chi connectivity index (χ0v) is 9.63. The fourth-order valence-corrected chi connectivity index (χ4v) is 2.79. The van der Waals surface area contributed by atoms with E-state index in [9.17, 15) is 0 Å². The summed E-state index contributed by atoms with van der Waals surface area (Å²) in [5, 5.41) is 4.08. The highest BCUT2D eigenvalue weighted by molar-refractivity contribution is 7.99. The molecule has 1 aliphatic heterocycles. The van der Waals surface area contributed by atoms with Crippen LogP contribution in [-0.2, 0) is 4.74 Å². The summed E-state index contributed by atoms with van der Waals surface area (Å²) in [5.74, 6) is 1.60. The molecule has 0 saturated carbocycles. The van der Waals surface area contributed by atoms with E-state index >= 15 is 0 Å². The molecule has 0 radical (unpaired) electrons. The SMILES string of the molecule is CNC(CSc1ncco1)C1CCOC1. The molecule has 0 aliphatic carbocycles. The van der Waals surface area contributed by atoms with Crippen molar-refractivity contribution < 1.29 is 9.15 Å². The molecule has 0 amide bonds. The van der Waals surface area contributed by atoms with E-state index in [1.54, 1.807) is 24.2 Å². The van der Waals surface area contributed by atoms with Crippen molar-refractivity contribution >= 4 is 11.8 Å². The molecule has 2 rings (SSSR count). The lowest BCUT2D eigenvalue weighted by molar-refractivity contribution is 0.179. The van der Waals surface area contributed by atoms with Crippen molar-refractivity contribution in [3.8, 4) is 0 Å². The lowest BCUT2D eigenvalue weighted by atomic mass is 10.0. The van der Waals surface area contributed by atoms with Crippen molar-refractivity contribution in [1.29, 1.82) is 0 Å². The molecule has 2 unspecified atom stereocenters. The fourth-order valence-electron chi connectivity index (χ4n) is 1.77. The Bertz CT molecular complexity index is 273. The molecular formula is C10H16N2O2S. The number of nitrogens with zero attached hydrogens (tertiary/aromatic N) is 1. The van der Waals surface area contributed by atoms with E-state index in [1.165, 1.54) is 0 Å². The van der Waals surface area contributed by atoms with Gasteiger partial charge in [-0.2, -0.15) is 0 Å². The molecule has 4 nitrogen and oxygen atoms in total. The predicted octanol–water partition coefficient (Wildman–Crippen LogP) is 1.39. The standard InChI is InChI=1S/C10H16N2O2S/c1-11-9(8-2-4-13-6-8)7-15-10-12-3-5-14-10/h3,5,8-9,11H,2,4,6-7H2,1H3. The van der Waals surface area contributed by atoms with E-state index in [4.69, 9.17) is 9.15 Å². The van der Waals surface area contributed by atoms with Crippen LogP contribution in [0.3, 0.4) is 0 Å². The molecule has 1 N–H and O–H groups in total. The average molecular weight is 228 g/mol. The van der Waals surface area contributed by atoms with Gasteiger partial charge in [-0.05, 0) is 13.5 Å². The number of thioether (sulfide) groups is 1. The highest BCUT2D eigenvalue weighted by atomic mass is 32.2. The Hall–Kier alpha value is -0.520. The van der Waals surface area contributed by atoms with Crippen LogP contribution < -0.4 is 5.32 Å². The first kappa shape index (κ1) is 11.0. The Balaban J connectivity index is 1.80. The number of hydrogen-bond donors (Lipinski definition) is 1. The smallest absolute Gasteiger partial charge is 0.255 e. The molecule has 0 aromatic carbocycles.